The van der Waals surface area contributed by atoms with E-state index in [1.165, 1.54) is 42.5 Å². The molecule has 198 valence electrons. The second kappa shape index (κ2) is 10.6. The number of methoxy groups -OCH3 is 1. The molecule has 0 aliphatic heterocycles. The van der Waals surface area contributed by atoms with Gasteiger partial charge in [-0.2, -0.15) is 13.2 Å². The van der Waals surface area contributed by atoms with Gasteiger partial charge >= 0.3 is 6.18 Å². The number of sulfone groups is 1. The van der Waals surface area contributed by atoms with Crippen LogP contribution >= 0.6 is 0 Å². The molecule has 1 saturated carbocycles. The zero-order valence-corrected chi connectivity index (χ0v) is 20.7. The second-order valence-corrected chi connectivity index (χ2v) is 10.7. The Morgan fingerprint density at radius 2 is 1.89 bits per heavy atom. The molecule has 4 rings (SSSR count). The molecule has 0 atom stereocenters. The summed E-state index contributed by atoms with van der Waals surface area (Å²) in [6.07, 6.45) is -1.84. The van der Waals surface area contributed by atoms with Crippen LogP contribution in [0.3, 0.4) is 0 Å². The third-order valence-electron chi connectivity index (χ3n) is 5.92. The van der Waals surface area contributed by atoms with Crippen LogP contribution in [0.15, 0.2) is 59.9 Å². The molecule has 0 bridgehead atoms. The van der Waals surface area contributed by atoms with Gasteiger partial charge in [-0.15, -0.1) is 0 Å². The summed E-state index contributed by atoms with van der Waals surface area (Å²) in [5.41, 5.74) is -0.363. The minimum absolute atomic E-state index is 0.00951. The van der Waals surface area contributed by atoms with Crippen molar-refractivity contribution in [2.24, 2.45) is 0 Å². The van der Waals surface area contributed by atoms with Crippen LogP contribution in [0.25, 0.3) is 0 Å². The van der Waals surface area contributed by atoms with Gasteiger partial charge in [-0.1, -0.05) is 24.3 Å². The Bertz CT molecular complexity index is 1380. The molecule has 1 fully saturated rings. The number of aromatic nitrogens is 2. The SMILES string of the molecule is COCCN(Cc1cnc(S(=O)(=O)Cc2cccc(C(F)(F)F)c2)n1C1CC1)C(=O)c1cccc(F)c1. The molecule has 0 unspecified atom stereocenters. The fourth-order valence-corrected chi connectivity index (χ4v) is 5.55. The third-order valence-corrected chi connectivity index (χ3v) is 7.49. The lowest BCUT2D eigenvalue weighted by atomic mass is 10.1. The van der Waals surface area contributed by atoms with Crippen LogP contribution in [0.2, 0.25) is 0 Å². The van der Waals surface area contributed by atoms with Gasteiger partial charge in [-0.3, -0.25) is 4.79 Å². The first-order valence-corrected chi connectivity index (χ1v) is 13.1. The van der Waals surface area contributed by atoms with Crippen molar-refractivity contribution < 1.29 is 35.5 Å². The van der Waals surface area contributed by atoms with E-state index in [2.05, 4.69) is 4.98 Å². The molecule has 37 heavy (non-hydrogen) atoms. The highest BCUT2D eigenvalue weighted by atomic mass is 32.2. The smallest absolute Gasteiger partial charge is 0.383 e. The molecule has 3 aromatic rings. The predicted octanol–water partition coefficient (Wildman–Crippen LogP) is 4.64. The molecule has 12 heteroatoms. The molecule has 7 nitrogen and oxygen atoms in total. The summed E-state index contributed by atoms with van der Waals surface area (Å²) in [7, 11) is -2.64. The molecule has 0 radical (unpaired) electrons. The van der Waals surface area contributed by atoms with Crippen LogP contribution in [0.4, 0.5) is 17.6 Å². The van der Waals surface area contributed by atoms with Crippen molar-refractivity contribution in [2.75, 3.05) is 20.3 Å². The largest absolute Gasteiger partial charge is 0.416 e. The quantitative estimate of drug-likeness (QED) is 0.351. The van der Waals surface area contributed by atoms with E-state index in [4.69, 9.17) is 4.74 Å². The normalized spacial score (nSPS) is 14.1. The number of halogens is 4. The number of rotatable bonds is 10. The van der Waals surface area contributed by atoms with Crippen LogP contribution in [-0.4, -0.2) is 49.0 Å². The summed E-state index contributed by atoms with van der Waals surface area (Å²) in [4.78, 5) is 18.7. The Morgan fingerprint density at radius 3 is 2.54 bits per heavy atom. The van der Waals surface area contributed by atoms with Crippen LogP contribution in [0.1, 0.15) is 46.1 Å². The van der Waals surface area contributed by atoms with E-state index >= 15 is 0 Å². The molecule has 1 aliphatic rings. The highest BCUT2D eigenvalue weighted by Crippen LogP contribution is 2.39. The number of hydrogen-bond acceptors (Lipinski definition) is 5. The zero-order chi connectivity index (χ0) is 26.8. The summed E-state index contributed by atoms with van der Waals surface area (Å²) >= 11 is 0. The van der Waals surface area contributed by atoms with Gasteiger partial charge in [-0.05, 0) is 42.7 Å². The highest BCUT2D eigenvalue weighted by Gasteiger charge is 2.35. The standard InChI is InChI=1S/C25H25F4N3O4S/c1-36-11-10-31(23(33)18-5-3-7-20(26)13-18)15-22-14-30-24(32(22)21-8-9-21)37(34,35)16-17-4-2-6-19(12-17)25(27,28)29/h2-7,12-14,21H,8-11,15-16H2,1H3. The summed E-state index contributed by atoms with van der Waals surface area (Å²) in [6, 6.07) is 9.26. The number of ether oxygens (including phenoxy) is 1. The first-order chi connectivity index (χ1) is 17.5. The highest BCUT2D eigenvalue weighted by molar-refractivity contribution is 7.90. The van der Waals surface area contributed by atoms with Crippen molar-refractivity contribution in [1.29, 1.82) is 0 Å². The first kappa shape index (κ1) is 26.8. The van der Waals surface area contributed by atoms with Gasteiger partial charge in [0.15, 0.2) is 0 Å². The maximum absolute atomic E-state index is 13.7. The van der Waals surface area contributed by atoms with E-state index in [0.717, 1.165) is 24.3 Å². The summed E-state index contributed by atoms with van der Waals surface area (Å²) in [5.74, 6) is -1.69. The number of imidazole rings is 1. The lowest BCUT2D eigenvalue weighted by molar-refractivity contribution is -0.137. The number of amides is 1. The van der Waals surface area contributed by atoms with E-state index in [1.54, 1.807) is 4.57 Å². The van der Waals surface area contributed by atoms with E-state index in [1.807, 2.05) is 0 Å². The number of nitrogens with zero attached hydrogens (tertiary/aromatic N) is 3. The lowest BCUT2D eigenvalue weighted by Crippen LogP contribution is -2.34. The Kier molecular flexibility index (Phi) is 7.69. The van der Waals surface area contributed by atoms with Crippen LogP contribution in [0, 0.1) is 5.82 Å². The van der Waals surface area contributed by atoms with Gasteiger partial charge in [0.1, 0.15) is 5.82 Å². The van der Waals surface area contributed by atoms with Crippen LogP contribution in [-0.2, 0) is 33.0 Å². The summed E-state index contributed by atoms with van der Waals surface area (Å²) < 4.78 is 86.2. The van der Waals surface area contributed by atoms with Crippen molar-refractivity contribution in [3.63, 3.8) is 0 Å². The fourth-order valence-electron chi connectivity index (χ4n) is 4.02. The number of hydrogen-bond donors (Lipinski definition) is 0. The molecule has 0 saturated heterocycles. The molecule has 1 heterocycles. The molecule has 1 aromatic heterocycles. The summed E-state index contributed by atoms with van der Waals surface area (Å²) in [5, 5.41) is -0.257. The maximum Gasteiger partial charge on any atom is 0.416 e. The second-order valence-electron chi connectivity index (χ2n) is 8.82. The molecule has 1 aliphatic carbocycles. The Balaban J connectivity index is 1.63. The topological polar surface area (TPSA) is 81.5 Å². The van der Waals surface area contributed by atoms with Gasteiger partial charge in [0.25, 0.3) is 5.91 Å². The molecule has 0 spiro atoms. The van der Waals surface area contributed by atoms with Gasteiger partial charge < -0.3 is 14.2 Å². The van der Waals surface area contributed by atoms with Gasteiger partial charge in [0, 0.05) is 25.3 Å². The minimum atomic E-state index is -4.60. The lowest BCUT2D eigenvalue weighted by Gasteiger charge is -2.23. The third kappa shape index (κ3) is 6.37. The Morgan fingerprint density at radius 1 is 1.16 bits per heavy atom. The molecule has 0 N–H and O–H groups in total. The maximum atomic E-state index is 13.7. The average molecular weight is 540 g/mol. The zero-order valence-electron chi connectivity index (χ0n) is 19.9. The van der Waals surface area contributed by atoms with E-state index in [-0.39, 0.29) is 42.0 Å². The molecule has 2 aromatic carbocycles. The minimum Gasteiger partial charge on any atom is -0.383 e. The van der Waals surface area contributed by atoms with E-state index in [0.29, 0.717) is 18.5 Å². The van der Waals surface area contributed by atoms with E-state index < -0.39 is 39.1 Å². The van der Waals surface area contributed by atoms with Crippen molar-refractivity contribution in [3.8, 4) is 0 Å². The van der Waals surface area contributed by atoms with Crippen molar-refractivity contribution in [3.05, 3.63) is 82.9 Å². The summed E-state index contributed by atoms with van der Waals surface area (Å²) in [6.45, 7) is 0.342. The average Bonchev–Trinajstić information content (AvgIpc) is 3.59. The first-order valence-electron chi connectivity index (χ1n) is 11.5. The molecular formula is C25H25F4N3O4S. The number of carbonyl (C=O) groups excluding carboxylic acids is 1. The van der Waals surface area contributed by atoms with Crippen molar-refractivity contribution in [1.82, 2.24) is 14.5 Å². The van der Waals surface area contributed by atoms with Crippen LogP contribution < -0.4 is 0 Å². The molecule has 1 amide bonds. The van der Waals surface area contributed by atoms with Crippen LogP contribution in [0.5, 0.6) is 0 Å². The molecular weight excluding hydrogens is 514 g/mol. The Labute approximate surface area is 211 Å². The number of benzene rings is 2. The van der Waals surface area contributed by atoms with Gasteiger partial charge in [0.05, 0.1) is 36.4 Å². The number of carbonyl (C=O) groups is 1. The van der Waals surface area contributed by atoms with E-state index in [9.17, 15) is 30.8 Å². The number of alkyl halides is 3. The Hall–Kier alpha value is -3.25. The fraction of sp³-hybridized carbons (Fsp3) is 0.360. The van der Waals surface area contributed by atoms with Gasteiger partial charge in [-0.25, -0.2) is 17.8 Å². The van der Waals surface area contributed by atoms with Crippen molar-refractivity contribution >= 4 is 15.7 Å². The van der Waals surface area contributed by atoms with Crippen molar-refractivity contribution in [2.45, 2.75) is 42.5 Å². The van der Waals surface area contributed by atoms with Gasteiger partial charge in [0.2, 0.25) is 15.0 Å². The monoisotopic (exact) mass is 539 g/mol. The predicted molar refractivity (Wildman–Crippen MR) is 126 cm³/mol.